The van der Waals surface area contributed by atoms with Gasteiger partial charge in [-0.3, -0.25) is 19.3 Å². The average molecular weight is 497 g/mol. The third-order valence-electron chi connectivity index (χ3n) is 7.48. The Bertz CT molecular complexity index is 941. The van der Waals surface area contributed by atoms with Gasteiger partial charge in [0.15, 0.2) is 0 Å². The Morgan fingerprint density at radius 1 is 1.11 bits per heavy atom. The highest BCUT2D eigenvalue weighted by Crippen LogP contribution is 2.30. The summed E-state index contributed by atoms with van der Waals surface area (Å²) in [5.74, 6) is 1.90. The summed E-state index contributed by atoms with van der Waals surface area (Å²) in [5.41, 5.74) is 1.09. The Hall–Kier alpha value is -2.87. The van der Waals surface area contributed by atoms with Gasteiger partial charge in [-0.15, -0.1) is 0 Å². The van der Waals surface area contributed by atoms with Crippen LogP contribution in [0.2, 0.25) is 0 Å². The van der Waals surface area contributed by atoms with Gasteiger partial charge in [-0.25, -0.2) is 0 Å². The predicted molar refractivity (Wildman–Crippen MR) is 138 cm³/mol. The van der Waals surface area contributed by atoms with E-state index < -0.39 is 0 Å². The Morgan fingerprint density at radius 3 is 2.64 bits per heavy atom. The minimum Gasteiger partial charge on any atom is -0.489 e. The van der Waals surface area contributed by atoms with Crippen LogP contribution >= 0.6 is 0 Å². The summed E-state index contributed by atoms with van der Waals surface area (Å²) in [5, 5.41) is 0. The zero-order chi connectivity index (χ0) is 25.5. The first-order chi connectivity index (χ1) is 17.4. The maximum Gasteiger partial charge on any atom is 0.236 e. The number of benzene rings is 1. The van der Waals surface area contributed by atoms with Crippen molar-refractivity contribution >= 4 is 18.2 Å². The molecule has 8 heteroatoms. The summed E-state index contributed by atoms with van der Waals surface area (Å²) in [6.45, 7) is 10.4. The van der Waals surface area contributed by atoms with Gasteiger partial charge in [-0.05, 0) is 30.2 Å². The first-order valence-electron chi connectivity index (χ1n) is 13.3. The Kier molecular flexibility index (Phi) is 9.02. The van der Waals surface area contributed by atoms with E-state index in [0.717, 1.165) is 30.7 Å². The van der Waals surface area contributed by atoms with Crippen LogP contribution < -0.4 is 4.74 Å². The molecule has 0 spiro atoms. The van der Waals surface area contributed by atoms with Crippen LogP contribution in [-0.4, -0.2) is 96.8 Å². The number of para-hydroxylation sites is 1. The van der Waals surface area contributed by atoms with Crippen LogP contribution in [0.4, 0.5) is 0 Å². The predicted octanol–water partition coefficient (Wildman–Crippen LogP) is 2.25. The van der Waals surface area contributed by atoms with Crippen molar-refractivity contribution in [2.45, 2.75) is 33.2 Å². The first-order valence-corrected chi connectivity index (χ1v) is 13.3. The van der Waals surface area contributed by atoms with Gasteiger partial charge in [0, 0.05) is 64.3 Å². The van der Waals surface area contributed by atoms with Gasteiger partial charge in [0.1, 0.15) is 12.4 Å². The molecule has 0 unspecified atom stereocenters. The third-order valence-corrected chi connectivity index (χ3v) is 7.48. The lowest BCUT2D eigenvalue weighted by Crippen LogP contribution is -2.50. The number of piperidine rings is 1. The number of amides is 3. The van der Waals surface area contributed by atoms with Crippen LogP contribution in [0.3, 0.4) is 0 Å². The molecule has 196 valence electrons. The second-order valence-electron chi connectivity index (χ2n) is 10.7. The van der Waals surface area contributed by atoms with Gasteiger partial charge in [0.25, 0.3) is 0 Å². The normalized spacial score (nSPS) is 23.9. The molecule has 2 atom stereocenters. The maximum absolute atomic E-state index is 13.4. The Balaban J connectivity index is 1.48. The van der Waals surface area contributed by atoms with Crippen molar-refractivity contribution < 1.29 is 19.1 Å². The number of carbonyl (C=O) groups excluding carboxylic acids is 3. The fourth-order valence-electron chi connectivity index (χ4n) is 5.54. The number of ether oxygens (including phenoxy) is 1. The summed E-state index contributed by atoms with van der Waals surface area (Å²) in [6.07, 6.45) is 6.33. The number of fused-ring (bicyclic) bond motifs is 3. The molecule has 3 aliphatic heterocycles. The Morgan fingerprint density at radius 2 is 1.89 bits per heavy atom. The van der Waals surface area contributed by atoms with Crippen molar-refractivity contribution in [1.82, 2.24) is 19.6 Å². The van der Waals surface area contributed by atoms with Gasteiger partial charge in [-0.2, -0.15) is 0 Å². The molecule has 2 saturated heterocycles. The third kappa shape index (κ3) is 6.87. The molecular weight excluding hydrogens is 456 g/mol. The van der Waals surface area contributed by atoms with Crippen molar-refractivity contribution in [2.24, 2.45) is 17.8 Å². The molecule has 3 amide bonds. The molecule has 2 bridgehead atoms. The number of nitrogens with zero attached hydrogens (tertiary/aromatic N) is 4. The standard InChI is InChI=1S/C28H40N4O4/c1-22(2)17-30-18-25-6-3-4-8-26(25)36-15-5-7-24-19-32(28(35)20-30)10-9-23(24)16-27(34)31-13-11-29(21-33)12-14-31/h3-8,21-24H,9-20H2,1-2H3/t23-,24-/m0/s1. The minimum absolute atomic E-state index is 0.112. The van der Waals surface area contributed by atoms with Gasteiger partial charge >= 0.3 is 0 Å². The molecular formula is C28H40N4O4. The van der Waals surface area contributed by atoms with Crippen LogP contribution in [0, 0.1) is 17.8 Å². The fourth-order valence-corrected chi connectivity index (χ4v) is 5.54. The smallest absolute Gasteiger partial charge is 0.236 e. The molecule has 4 rings (SSSR count). The fraction of sp³-hybridized carbons (Fsp3) is 0.607. The van der Waals surface area contributed by atoms with E-state index in [1.54, 1.807) is 4.90 Å². The average Bonchev–Trinajstić information content (AvgIpc) is 2.88. The van der Waals surface area contributed by atoms with Gasteiger partial charge < -0.3 is 19.4 Å². The number of hydrogen-bond donors (Lipinski definition) is 0. The Labute approximate surface area is 214 Å². The maximum atomic E-state index is 13.4. The van der Waals surface area contributed by atoms with E-state index in [-0.39, 0.29) is 23.7 Å². The van der Waals surface area contributed by atoms with E-state index >= 15 is 0 Å². The lowest BCUT2D eigenvalue weighted by atomic mass is 9.82. The van der Waals surface area contributed by atoms with Crippen molar-refractivity contribution in [3.63, 3.8) is 0 Å². The van der Waals surface area contributed by atoms with E-state index in [1.807, 2.05) is 34.1 Å². The van der Waals surface area contributed by atoms with E-state index in [0.29, 0.717) is 71.3 Å². The molecule has 0 N–H and O–H groups in total. The molecule has 1 aromatic carbocycles. The molecule has 36 heavy (non-hydrogen) atoms. The van der Waals surface area contributed by atoms with Crippen molar-refractivity contribution in [2.75, 3.05) is 59.0 Å². The number of carbonyl (C=O) groups is 3. The van der Waals surface area contributed by atoms with Gasteiger partial charge in [0.05, 0.1) is 6.54 Å². The molecule has 8 nitrogen and oxygen atoms in total. The summed E-state index contributed by atoms with van der Waals surface area (Å²) < 4.78 is 6.13. The van der Waals surface area contributed by atoms with Crippen molar-refractivity contribution in [1.29, 1.82) is 0 Å². The van der Waals surface area contributed by atoms with Gasteiger partial charge in [-0.1, -0.05) is 44.2 Å². The summed E-state index contributed by atoms with van der Waals surface area (Å²) in [6, 6.07) is 8.06. The molecule has 3 heterocycles. The molecule has 0 aliphatic carbocycles. The monoisotopic (exact) mass is 496 g/mol. The lowest BCUT2D eigenvalue weighted by Gasteiger charge is -2.39. The van der Waals surface area contributed by atoms with Crippen molar-refractivity contribution in [3.05, 3.63) is 42.0 Å². The van der Waals surface area contributed by atoms with E-state index in [9.17, 15) is 14.4 Å². The molecule has 2 fully saturated rings. The molecule has 1 aromatic rings. The summed E-state index contributed by atoms with van der Waals surface area (Å²) >= 11 is 0. The second-order valence-corrected chi connectivity index (χ2v) is 10.7. The van der Waals surface area contributed by atoms with Gasteiger partial charge in [0.2, 0.25) is 18.2 Å². The van der Waals surface area contributed by atoms with Crippen LogP contribution in [0.25, 0.3) is 0 Å². The lowest BCUT2D eigenvalue weighted by molar-refractivity contribution is -0.138. The number of rotatable bonds is 5. The van der Waals surface area contributed by atoms with Crippen LogP contribution in [0.15, 0.2) is 36.4 Å². The zero-order valence-corrected chi connectivity index (χ0v) is 21.7. The summed E-state index contributed by atoms with van der Waals surface area (Å²) in [7, 11) is 0. The van der Waals surface area contributed by atoms with Crippen LogP contribution in [-0.2, 0) is 20.9 Å². The highest BCUT2D eigenvalue weighted by atomic mass is 16.5. The number of piperazine rings is 1. The van der Waals surface area contributed by atoms with Crippen LogP contribution in [0.1, 0.15) is 32.3 Å². The van der Waals surface area contributed by atoms with E-state index in [4.69, 9.17) is 4.74 Å². The second kappa shape index (κ2) is 12.4. The van der Waals surface area contributed by atoms with E-state index in [2.05, 4.69) is 30.9 Å². The molecule has 0 aromatic heterocycles. The molecule has 0 radical (unpaired) electrons. The SMILES string of the molecule is CC(C)CN1CC(=O)N2CC[C@@H](CC(=O)N3CCN(C=O)CC3)[C@@H](C=CCOc3ccccc3C1)C2. The summed E-state index contributed by atoms with van der Waals surface area (Å²) in [4.78, 5) is 45.3. The molecule has 3 aliphatic rings. The molecule has 0 saturated carbocycles. The minimum atomic E-state index is 0.112. The zero-order valence-electron chi connectivity index (χ0n) is 21.7. The first kappa shape index (κ1) is 26.2. The highest BCUT2D eigenvalue weighted by Gasteiger charge is 2.33. The topological polar surface area (TPSA) is 73.4 Å². The largest absolute Gasteiger partial charge is 0.489 e. The number of hydrogen-bond acceptors (Lipinski definition) is 5. The highest BCUT2D eigenvalue weighted by molar-refractivity contribution is 5.79. The quantitative estimate of drug-likeness (QED) is 0.462. The van der Waals surface area contributed by atoms with Crippen LogP contribution in [0.5, 0.6) is 5.75 Å². The van der Waals surface area contributed by atoms with Crippen molar-refractivity contribution in [3.8, 4) is 5.75 Å². The van der Waals surface area contributed by atoms with E-state index in [1.165, 1.54) is 0 Å².